The molecule has 12 nitrogen and oxygen atoms in total. The number of para-hydroxylation sites is 2. The number of imidazole rings is 2. The van der Waals surface area contributed by atoms with E-state index < -0.39 is 0 Å². The molecule has 0 spiro atoms. The molecule has 0 atom stereocenters. The van der Waals surface area contributed by atoms with Crippen molar-refractivity contribution in [3.63, 3.8) is 0 Å². The summed E-state index contributed by atoms with van der Waals surface area (Å²) in [5.74, 6) is -0.318. The Bertz CT molecular complexity index is 3020. The number of benzene rings is 4. The summed E-state index contributed by atoms with van der Waals surface area (Å²) >= 11 is 6.16. The zero-order valence-corrected chi connectivity index (χ0v) is 29.5. The molecule has 0 aliphatic heterocycles. The summed E-state index contributed by atoms with van der Waals surface area (Å²) < 4.78 is 3.03. The summed E-state index contributed by atoms with van der Waals surface area (Å²) in [6, 6.07) is 26.2. The summed E-state index contributed by atoms with van der Waals surface area (Å²) in [6.45, 7) is 15.1. The van der Waals surface area contributed by atoms with E-state index in [0.717, 1.165) is 22.3 Å². The molecule has 8 rings (SSSR count). The maximum absolute atomic E-state index is 11.3. The van der Waals surface area contributed by atoms with Crippen LogP contribution >= 0.6 is 11.6 Å². The average Bonchev–Trinajstić information content (AvgIpc) is 3.71. The molecule has 53 heavy (non-hydrogen) atoms. The zero-order chi connectivity index (χ0) is 37.1. The van der Waals surface area contributed by atoms with E-state index in [1.54, 1.807) is 32.0 Å². The summed E-state index contributed by atoms with van der Waals surface area (Å²) in [7, 11) is 0. The van der Waals surface area contributed by atoms with Crippen molar-refractivity contribution < 1.29 is 10.2 Å². The van der Waals surface area contributed by atoms with E-state index in [9.17, 15) is 15.5 Å². The number of azo groups is 2. The van der Waals surface area contributed by atoms with E-state index in [-0.39, 0.29) is 28.7 Å². The third-order valence-electron chi connectivity index (χ3n) is 9.37. The normalized spacial score (nSPS) is 11.8. The Labute approximate surface area is 307 Å². The van der Waals surface area contributed by atoms with E-state index >= 15 is 0 Å². The van der Waals surface area contributed by atoms with Crippen LogP contribution in [-0.4, -0.2) is 29.0 Å². The first-order valence-electron chi connectivity index (χ1n) is 16.4. The van der Waals surface area contributed by atoms with Crippen LogP contribution in [0.2, 0.25) is 5.02 Å². The van der Waals surface area contributed by atoms with Crippen LogP contribution in [0, 0.1) is 45.6 Å². The first kappa shape index (κ1) is 33.0. The standard InChI is InChI=1S/C40H27ClN10O2/c1-20-16-24(10-13-28(20)46-48-35-22(3)27(19-42)37-45-31-18-26(41)12-15-33(31)50(37)39(35)52)25-11-14-29(21(2)17-25)47-49-36-23(4)34(43-5)38-44-30-8-6-7-9-32(30)51(38)40(36)53/h6-18,52-53H,1-4H3. The van der Waals surface area contributed by atoms with Gasteiger partial charge in [-0.2, -0.15) is 15.5 Å². The van der Waals surface area contributed by atoms with Crippen molar-refractivity contribution in [3.8, 4) is 29.0 Å². The number of hydrogen-bond acceptors (Lipinski definition) is 9. The van der Waals surface area contributed by atoms with Gasteiger partial charge in [-0.05, 0) is 110 Å². The molecule has 0 aliphatic rings. The van der Waals surface area contributed by atoms with Gasteiger partial charge in [0.1, 0.15) is 23.0 Å². The second-order valence-corrected chi connectivity index (χ2v) is 13.0. The molecule has 0 amide bonds. The third kappa shape index (κ3) is 5.28. The molecule has 0 aliphatic carbocycles. The minimum absolute atomic E-state index is 0.138. The number of aromatic nitrogens is 4. The highest BCUT2D eigenvalue weighted by molar-refractivity contribution is 6.31. The van der Waals surface area contributed by atoms with Gasteiger partial charge in [0, 0.05) is 10.6 Å². The fourth-order valence-corrected chi connectivity index (χ4v) is 6.72. The Hall–Kier alpha value is -7.15. The fraction of sp³-hybridized carbons (Fsp3) is 0.100. The number of fused-ring (bicyclic) bond motifs is 6. The molecular formula is C40H27ClN10O2. The predicted octanol–water partition coefficient (Wildman–Crippen LogP) is 11.5. The molecule has 0 radical (unpaired) electrons. The summed E-state index contributed by atoms with van der Waals surface area (Å²) in [5, 5.41) is 50.8. The van der Waals surface area contributed by atoms with Crippen LogP contribution in [0.3, 0.4) is 0 Å². The smallest absolute Gasteiger partial charge is 0.234 e. The van der Waals surface area contributed by atoms with Gasteiger partial charge in [-0.3, -0.25) is 8.80 Å². The van der Waals surface area contributed by atoms with E-state index in [4.69, 9.17) is 18.2 Å². The average molecular weight is 715 g/mol. The summed E-state index contributed by atoms with van der Waals surface area (Å²) in [6.07, 6.45) is 0. The molecule has 8 aromatic rings. The number of halogens is 1. The maximum Gasteiger partial charge on any atom is 0.234 e. The molecule has 2 N–H and O–H groups in total. The molecule has 0 fully saturated rings. The summed E-state index contributed by atoms with van der Waals surface area (Å²) in [5.41, 5.74) is 9.82. The highest BCUT2D eigenvalue weighted by Crippen LogP contribution is 2.43. The SMILES string of the molecule is [C-]#[N+]c1c(C)c(N=Nc2ccc(-c3ccc(N=Nc4c(C)c(C#N)c5nc6cc(Cl)ccc6n5c4O)c(C)c3)cc2C)c(O)n2c1nc1ccccc12. The van der Waals surface area contributed by atoms with Crippen LogP contribution in [0.25, 0.3) is 49.3 Å². The third-order valence-corrected chi connectivity index (χ3v) is 9.60. The van der Waals surface area contributed by atoms with Gasteiger partial charge < -0.3 is 10.2 Å². The van der Waals surface area contributed by atoms with Gasteiger partial charge in [-0.1, -0.05) is 35.9 Å². The Balaban J connectivity index is 1.10. The number of hydrogen-bond donors (Lipinski definition) is 2. The minimum atomic E-state index is -0.181. The van der Waals surface area contributed by atoms with Crippen LogP contribution in [0.1, 0.15) is 27.8 Å². The van der Waals surface area contributed by atoms with Gasteiger partial charge in [0.15, 0.2) is 11.3 Å². The number of pyridine rings is 2. The molecule has 0 saturated heterocycles. The van der Waals surface area contributed by atoms with Crippen LogP contribution in [0.4, 0.5) is 28.4 Å². The van der Waals surface area contributed by atoms with Crippen LogP contribution in [0.15, 0.2) is 99.3 Å². The van der Waals surface area contributed by atoms with Crippen molar-refractivity contribution in [2.24, 2.45) is 20.5 Å². The van der Waals surface area contributed by atoms with Crippen molar-refractivity contribution in [1.29, 1.82) is 5.26 Å². The Morgan fingerprint density at radius 3 is 1.87 bits per heavy atom. The predicted molar refractivity (Wildman–Crippen MR) is 204 cm³/mol. The number of nitriles is 1. The molecule has 4 heterocycles. The Morgan fingerprint density at radius 2 is 1.26 bits per heavy atom. The first-order chi connectivity index (χ1) is 25.6. The van der Waals surface area contributed by atoms with Gasteiger partial charge in [-0.25, -0.2) is 14.8 Å². The zero-order valence-electron chi connectivity index (χ0n) is 28.8. The van der Waals surface area contributed by atoms with Crippen molar-refractivity contribution in [1.82, 2.24) is 18.8 Å². The van der Waals surface area contributed by atoms with E-state index in [1.165, 1.54) is 8.80 Å². The number of rotatable bonds is 5. The molecule has 0 bridgehead atoms. The lowest BCUT2D eigenvalue weighted by molar-refractivity contribution is 0.448. The van der Waals surface area contributed by atoms with E-state index in [1.807, 2.05) is 74.5 Å². The summed E-state index contributed by atoms with van der Waals surface area (Å²) in [4.78, 5) is 12.8. The molecule has 0 saturated carbocycles. The number of nitrogens with zero attached hydrogens (tertiary/aromatic N) is 10. The van der Waals surface area contributed by atoms with Crippen LogP contribution in [-0.2, 0) is 0 Å². The maximum atomic E-state index is 11.3. The molecule has 256 valence electrons. The van der Waals surface area contributed by atoms with E-state index in [0.29, 0.717) is 66.6 Å². The Morgan fingerprint density at radius 1 is 0.698 bits per heavy atom. The Kier molecular flexibility index (Phi) is 7.83. The van der Waals surface area contributed by atoms with Gasteiger partial charge in [0.2, 0.25) is 17.4 Å². The fourth-order valence-electron chi connectivity index (χ4n) is 6.56. The monoisotopic (exact) mass is 714 g/mol. The molecule has 4 aromatic carbocycles. The van der Waals surface area contributed by atoms with Gasteiger partial charge >= 0.3 is 0 Å². The topological polar surface area (TPSA) is 153 Å². The molecule has 13 heteroatoms. The van der Waals surface area contributed by atoms with Crippen molar-refractivity contribution in [3.05, 3.63) is 123 Å². The number of aromatic hydroxyl groups is 2. The van der Waals surface area contributed by atoms with Crippen molar-refractivity contribution >= 4 is 73.4 Å². The highest BCUT2D eigenvalue weighted by atomic mass is 35.5. The van der Waals surface area contributed by atoms with Crippen molar-refractivity contribution in [2.75, 3.05) is 0 Å². The van der Waals surface area contributed by atoms with Crippen molar-refractivity contribution in [2.45, 2.75) is 27.7 Å². The molecule has 4 aromatic heterocycles. The molecular weight excluding hydrogens is 688 g/mol. The highest BCUT2D eigenvalue weighted by Gasteiger charge is 2.22. The van der Waals surface area contributed by atoms with Gasteiger partial charge in [0.25, 0.3) is 0 Å². The number of aryl methyl sites for hydroxylation is 2. The lowest BCUT2D eigenvalue weighted by atomic mass is 10.0. The first-order valence-corrected chi connectivity index (χ1v) is 16.8. The lowest BCUT2D eigenvalue weighted by Gasteiger charge is -2.10. The lowest BCUT2D eigenvalue weighted by Crippen LogP contribution is -1.95. The van der Waals surface area contributed by atoms with E-state index in [2.05, 4.69) is 41.3 Å². The second kappa shape index (κ2) is 12.6. The van der Waals surface area contributed by atoms with Crippen LogP contribution in [0.5, 0.6) is 11.8 Å². The van der Waals surface area contributed by atoms with Crippen LogP contribution < -0.4 is 0 Å². The molecule has 0 unspecified atom stereocenters. The minimum Gasteiger partial charge on any atom is -0.493 e. The second-order valence-electron chi connectivity index (χ2n) is 12.6. The van der Waals surface area contributed by atoms with Gasteiger partial charge in [0.05, 0.1) is 40.0 Å². The van der Waals surface area contributed by atoms with Gasteiger partial charge in [-0.15, -0.1) is 10.2 Å². The largest absolute Gasteiger partial charge is 0.493 e. The quantitative estimate of drug-likeness (QED) is 0.134.